The second kappa shape index (κ2) is 9.05. The van der Waals surface area contributed by atoms with Crippen molar-refractivity contribution in [3.8, 4) is 0 Å². The van der Waals surface area contributed by atoms with Crippen LogP contribution in [0.15, 0.2) is 47.6 Å². The molecule has 1 saturated heterocycles. The number of benzene rings is 2. The minimum absolute atomic E-state index is 0.122. The molecule has 3 atom stereocenters. The molecule has 1 fully saturated rings. The van der Waals surface area contributed by atoms with Crippen LogP contribution in [0.5, 0.6) is 0 Å². The van der Waals surface area contributed by atoms with Gasteiger partial charge in [-0.2, -0.15) is 11.8 Å². The largest absolute Gasteiger partial charge is 0.382 e. The molecule has 0 aliphatic carbocycles. The number of aliphatic hydroxyl groups excluding tert-OH is 1. The highest BCUT2D eigenvalue weighted by Gasteiger charge is 2.46. The number of hydrogen-bond acceptors (Lipinski definition) is 5. The van der Waals surface area contributed by atoms with Crippen LogP contribution in [-0.2, 0) is 9.53 Å². The van der Waals surface area contributed by atoms with Gasteiger partial charge in [0.2, 0.25) is 0 Å². The summed E-state index contributed by atoms with van der Waals surface area (Å²) in [6.07, 6.45) is 1.29. The van der Waals surface area contributed by atoms with Crippen LogP contribution in [0.4, 0.5) is 0 Å². The topological polar surface area (TPSA) is 98.5 Å². The fourth-order valence-corrected chi connectivity index (χ4v) is 4.34. The Balaban J connectivity index is 1.91. The summed E-state index contributed by atoms with van der Waals surface area (Å²) in [6, 6.07) is 12.2. The normalized spacial score (nSPS) is 20.3. The third-order valence-corrected chi connectivity index (χ3v) is 5.95. The number of thioether (sulfide) groups is 1. The number of hydrogen-bond donors (Lipinski definition) is 1. The van der Waals surface area contributed by atoms with Gasteiger partial charge in [0.05, 0.1) is 18.7 Å². The molecular formula is C21H26N4O3S. The zero-order chi connectivity index (χ0) is 21.0. The van der Waals surface area contributed by atoms with Gasteiger partial charge < -0.3 is 14.7 Å². The molecule has 1 heterocycles. The second-order valence-corrected chi connectivity index (χ2v) is 8.59. The molecule has 0 radical (unpaired) electrons. The quantitative estimate of drug-likeness (QED) is 0.415. The SMILES string of the molecule is CSCC[C@H]1COC(C)(C)N1C(=O)[C@@H](O)[C@@H](N=[N+]=[N-])c1ccc2ccccc2c1. The monoisotopic (exact) mass is 414 g/mol. The lowest BCUT2D eigenvalue weighted by Crippen LogP contribution is -2.53. The maximum atomic E-state index is 13.3. The van der Waals surface area contributed by atoms with Crippen molar-refractivity contribution < 1.29 is 14.6 Å². The summed E-state index contributed by atoms with van der Waals surface area (Å²) >= 11 is 1.70. The number of ether oxygens (including phenoxy) is 1. The first-order chi connectivity index (χ1) is 13.9. The summed E-state index contributed by atoms with van der Waals surface area (Å²) in [5.41, 5.74) is 8.84. The predicted octanol–water partition coefficient (Wildman–Crippen LogP) is 4.27. The number of carbonyl (C=O) groups is 1. The molecule has 0 bridgehead atoms. The molecule has 1 aliphatic rings. The molecule has 29 heavy (non-hydrogen) atoms. The zero-order valence-electron chi connectivity index (χ0n) is 16.9. The Bertz CT molecular complexity index is 929. The van der Waals surface area contributed by atoms with Crippen molar-refractivity contribution in [3.05, 3.63) is 58.5 Å². The van der Waals surface area contributed by atoms with Crippen molar-refractivity contribution >= 4 is 28.4 Å². The number of fused-ring (bicyclic) bond motifs is 1. The van der Waals surface area contributed by atoms with Crippen LogP contribution in [0.1, 0.15) is 31.9 Å². The van der Waals surface area contributed by atoms with E-state index in [1.165, 1.54) is 0 Å². The van der Waals surface area contributed by atoms with E-state index in [2.05, 4.69) is 10.0 Å². The van der Waals surface area contributed by atoms with Crippen molar-refractivity contribution in [2.24, 2.45) is 5.11 Å². The van der Waals surface area contributed by atoms with Crippen LogP contribution in [0.2, 0.25) is 0 Å². The summed E-state index contributed by atoms with van der Waals surface area (Å²) in [4.78, 5) is 17.8. The number of nitrogens with zero attached hydrogens (tertiary/aromatic N) is 4. The molecule has 0 aromatic heterocycles. The molecule has 1 amide bonds. The van der Waals surface area contributed by atoms with Gasteiger partial charge in [0.1, 0.15) is 11.8 Å². The van der Waals surface area contributed by atoms with E-state index in [9.17, 15) is 9.90 Å². The average molecular weight is 415 g/mol. The van der Waals surface area contributed by atoms with Crippen molar-refractivity contribution in [3.63, 3.8) is 0 Å². The maximum Gasteiger partial charge on any atom is 0.254 e. The van der Waals surface area contributed by atoms with Gasteiger partial charge in [-0.05, 0) is 54.1 Å². The van der Waals surface area contributed by atoms with Gasteiger partial charge in [-0.3, -0.25) is 4.79 Å². The van der Waals surface area contributed by atoms with E-state index in [-0.39, 0.29) is 6.04 Å². The number of azide groups is 1. The average Bonchev–Trinajstić information content (AvgIpc) is 3.03. The van der Waals surface area contributed by atoms with Crippen molar-refractivity contribution in [1.29, 1.82) is 0 Å². The minimum atomic E-state index is -1.50. The Morgan fingerprint density at radius 2 is 2.10 bits per heavy atom. The number of rotatable bonds is 7. The second-order valence-electron chi connectivity index (χ2n) is 7.60. The van der Waals surface area contributed by atoms with Crippen molar-refractivity contribution in [2.45, 2.75) is 44.2 Å². The summed E-state index contributed by atoms with van der Waals surface area (Å²) in [6.45, 7) is 4.05. The lowest BCUT2D eigenvalue weighted by atomic mass is 9.97. The van der Waals surface area contributed by atoms with Gasteiger partial charge >= 0.3 is 0 Å². The lowest BCUT2D eigenvalue weighted by molar-refractivity contribution is -0.156. The Hall–Kier alpha value is -2.25. The van der Waals surface area contributed by atoms with Crippen LogP contribution in [0.25, 0.3) is 21.2 Å². The van der Waals surface area contributed by atoms with Crippen LogP contribution in [0.3, 0.4) is 0 Å². The zero-order valence-corrected chi connectivity index (χ0v) is 17.7. The Morgan fingerprint density at radius 3 is 2.79 bits per heavy atom. The smallest absolute Gasteiger partial charge is 0.254 e. The molecule has 0 saturated carbocycles. The summed E-state index contributed by atoms with van der Waals surface area (Å²) in [5.74, 6) is 0.401. The molecule has 7 nitrogen and oxygen atoms in total. The van der Waals surface area contributed by atoms with Crippen molar-refractivity contribution in [1.82, 2.24) is 4.90 Å². The first-order valence-corrected chi connectivity index (χ1v) is 11.0. The molecule has 1 N–H and O–H groups in total. The number of aliphatic hydroxyl groups is 1. The highest BCUT2D eigenvalue weighted by molar-refractivity contribution is 7.98. The van der Waals surface area contributed by atoms with Gasteiger partial charge in [0, 0.05) is 4.91 Å². The fourth-order valence-electron chi connectivity index (χ4n) is 3.83. The first kappa shape index (κ1) is 21.5. The third-order valence-electron chi connectivity index (χ3n) is 5.31. The predicted molar refractivity (Wildman–Crippen MR) is 116 cm³/mol. The van der Waals surface area contributed by atoms with E-state index < -0.39 is 23.8 Å². The van der Waals surface area contributed by atoms with Gasteiger partial charge in [-0.25, -0.2) is 0 Å². The Kier molecular flexibility index (Phi) is 6.70. The van der Waals surface area contributed by atoms with Crippen LogP contribution in [0, 0.1) is 0 Å². The van der Waals surface area contributed by atoms with Gasteiger partial charge in [-0.15, -0.1) is 0 Å². The Labute approximate surface area is 174 Å². The van der Waals surface area contributed by atoms with Gasteiger partial charge in [0.15, 0.2) is 0 Å². The number of carbonyl (C=O) groups excluding carboxylic acids is 1. The minimum Gasteiger partial charge on any atom is -0.382 e. The molecule has 1 aliphatic heterocycles. The third kappa shape index (κ3) is 4.51. The number of amides is 1. The molecule has 2 aromatic rings. The molecule has 0 spiro atoms. The van der Waals surface area contributed by atoms with E-state index in [0.717, 1.165) is 22.9 Å². The van der Waals surface area contributed by atoms with E-state index in [1.54, 1.807) is 22.7 Å². The highest BCUT2D eigenvalue weighted by atomic mass is 32.2. The first-order valence-electron chi connectivity index (χ1n) is 9.56. The standard InChI is InChI=1S/C21H26N4O3S/c1-21(2)25(17(13-28-21)10-11-29-3)20(27)19(26)18(23-24-22)16-9-8-14-6-4-5-7-15(14)12-16/h4-9,12,17-19,26H,10-11,13H2,1-3H3/t17-,18-,19-/m0/s1. The Morgan fingerprint density at radius 1 is 1.38 bits per heavy atom. The molecule has 2 aromatic carbocycles. The van der Waals surface area contributed by atoms with Crippen LogP contribution in [-0.4, -0.2) is 52.4 Å². The summed E-state index contributed by atoms with van der Waals surface area (Å²) < 4.78 is 5.82. The van der Waals surface area contributed by atoms with Gasteiger partial charge in [-0.1, -0.05) is 47.6 Å². The maximum absolute atomic E-state index is 13.3. The van der Waals surface area contributed by atoms with Gasteiger partial charge in [0.25, 0.3) is 5.91 Å². The van der Waals surface area contributed by atoms with Crippen LogP contribution < -0.4 is 0 Å². The van der Waals surface area contributed by atoms with E-state index in [4.69, 9.17) is 10.3 Å². The molecular weight excluding hydrogens is 388 g/mol. The fraction of sp³-hybridized carbons (Fsp3) is 0.476. The van der Waals surface area contributed by atoms with Crippen LogP contribution >= 0.6 is 11.8 Å². The van der Waals surface area contributed by atoms with E-state index in [1.807, 2.05) is 56.5 Å². The van der Waals surface area contributed by atoms with Crippen molar-refractivity contribution in [2.75, 3.05) is 18.6 Å². The highest BCUT2D eigenvalue weighted by Crippen LogP contribution is 2.33. The lowest BCUT2D eigenvalue weighted by Gasteiger charge is -2.36. The molecule has 8 heteroatoms. The molecule has 0 unspecified atom stereocenters. The molecule has 154 valence electrons. The van der Waals surface area contributed by atoms with E-state index in [0.29, 0.717) is 12.2 Å². The van der Waals surface area contributed by atoms with E-state index >= 15 is 0 Å². The summed E-state index contributed by atoms with van der Waals surface area (Å²) in [7, 11) is 0. The summed E-state index contributed by atoms with van der Waals surface area (Å²) in [5, 5.41) is 16.7. The molecule has 3 rings (SSSR count).